The van der Waals surface area contributed by atoms with Crippen LogP contribution in [0.1, 0.15) is 18.4 Å². The first-order chi connectivity index (χ1) is 8.76. The van der Waals surface area contributed by atoms with E-state index in [4.69, 9.17) is 15.0 Å². The van der Waals surface area contributed by atoms with Crippen LogP contribution >= 0.6 is 0 Å². The number of ether oxygens (including phenoxy) is 1. The van der Waals surface area contributed by atoms with Gasteiger partial charge in [0.15, 0.2) is 11.6 Å². The van der Waals surface area contributed by atoms with E-state index in [0.29, 0.717) is 24.0 Å². The molecule has 2 rings (SSSR count). The van der Waals surface area contributed by atoms with Crippen molar-refractivity contribution in [1.82, 2.24) is 9.97 Å². The van der Waals surface area contributed by atoms with E-state index in [1.54, 1.807) is 13.2 Å². The molecule has 0 saturated carbocycles. The molecule has 2 aromatic rings. The van der Waals surface area contributed by atoms with Crippen LogP contribution in [0.3, 0.4) is 0 Å². The fourth-order valence-electron chi connectivity index (χ4n) is 1.59. The average Bonchev–Trinajstić information content (AvgIpc) is 2.87. The van der Waals surface area contributed by atoms with Crippen molar-refractivity contribution in [2.24, 2.45) is 5.84 Å². The molecule has 0 saturated heterocycles. The number of nitrogens with two attached hydrogens (primary N) is 1. The Hall–Kier alpha value is -1.92. The lowest BCUT2D eigenvalue weighted by atomic mass is 10.3. The van der Waals surface area contributed by atoms with Gasteiger partial charge in [0.1, 0.15) is 11.6 Å². The first kappa shape index (κ1) is 12.5. The monoisotopic (exact) mass is 248 g/mol. The van der Waals surface area contributed by atoms with Crippen LogP contribution in [-0.4, -0.2) is 17.1 Å². The molecule has 0 aliphatic rings. The summed E-state index contributed by atoms with van der Waals surface area (Å²) in [5, 5.41) is 0. The number of rotatable bonds is 5. The van der Waals surface area contributed by atoms with Crippen LogP contribution in [-0.2, 0) is 17.8 Å². The van der Waals surface area contributed by atoms with Crippen molar-refractivity contribution in [3.05, 3.63) is 29.7 Å². The van der Waals surface area contributed by atoms with Crippen LogP contribution in [0.15, 0.2) is 22.6 Å². The van der Waals surface area contributed by atoms with Crippen LogP contribution < -0.4 is 11.3 Å². The third-order valence-electron chi connectivity index (χ3n) is 2.45. The van der Waals surface area contributed by atoms with Crippen LogP contribution in [0.4, 0.5) is 5.82 Å². The molecule has 0 aliphatic carbocycles. The molecule has 6 nitrogen and oxygen atoms in total. The molecule has 0 fully saturated rings. The Morgan fingerprint density at radius 3 is 2.83 bits per heavy atom. The molecule has 18 heavy (non-hydrogen) atoms. The van der Waals surface area contributed by atoms with Crippen molar-refractivity contribution in [2.75, 3.05) is 12.5 Å². The highest BCUT2D eigenvalue weighted by molar-refractivity contribution is 5.51. The van der Waals surface area contributed by atoms with E-state index in [-0.39, 0.29) is 0 Å². The summed E-state index contributed by atoms with van der Waals surface area (Å²) in [5.74, 6) is 7.93. The van der Waals surface area contributed by atoms with Gasteiger partial charge < -0.3 is 14.6 Å². The maximum atomic E-state index is 5.62. The highest BCUT2D eigenvalue weighted by atomic mass is 16.5. The standard InChI is InChI=1S/C12H16N4O2/c1-3-9-4-5-10(18-9)12-14-8(7-17-2)6-11(15-12)16-13/h4-6H,3,7,13H2,1-2H3,(H,14,15,16). The molecule has 2 heterocycles. The van der Waals surface area contributed by atoms with E-state index in [1.165, 1.54) is 0 Å². The van der Waals surface area contributed by atoms with Crippen molar-refractivity contribution in [3.63, 3.8) is 0 Å². The van der Waals surface area contributed by atoms with Gasteiger partial charge in [0, 0.05) is 19.6 Å². The summed E-state index contributed by atoms with van der Waals surface area (Å²) in [6.07, 6.45) is 0.833. The number of hydrazine groups is 1. The first-order valence-corrected chi connectivity index (χ1v) is 5.69. The molecule has 0 aliphatic heterocycles. The Morgan fingerprint density at radius 2 is 2.22 bits per heavy atom. The minimum Gasteiger partial charge on any atom is -0.458 e. The smallest absolute Gasteiger partial charge is 0.197 e. The molecule has 3 N–H and O–H groups in total. The van der Waals surface area contributed by atoms with Crippen molar-refractivity contribution in [1.29, 1.82) is 0 Å². The van der Waals surface area contributed by atoms with E-state index < -0.39 is 0 Å². The fraction of sp³-hybridized carbons (Fsp3) is 0.333. The lowest BCUT2D eigenvalue weighted by Gasteiger charge is -2.05. The van der Waals surface area contributed by atoms with Gasteiger partial charge in [-0.25, -0.2) is 15.8 Å². The Kier molecular flexibility index (Phi) is 3.91. The predicted octanol–water partition coefficient (Wildman–Crippen LogP) is 1.73. The molecule has 0 bridgehead atoms. The van der Waals surface area contributed by atoms with Gasteiger partial charge in [-0.1, -0.05) is 6.92 Å². The molecule has 0 radical (unpaired) electrons. The number of nitrogens with one attached hydrogen (secondary N) is 1. The number of nitrogens with zero attached hydrogens (tertiary/aromatic N) is 2. The Balaban J connectivity index is 2.39. The molecular weight excluding hydrogens is 232 g/mol. The second-order valence-electron chi connectivity index (χ2n) is 3.76. The number of nitrogen functional groups attached to an aromatic ring is 1. The lowest BCUT2D eigenvalue weighted by molar-refractivity contribution is 0.181. The summed E-state index contributed by atoms with van der Waals surface area (Å²) in [6, 6.07) is 5.50. The number of anilines is 1. The maximum Gasteiger partial charge on any atom is 0.197 e. The van der Waals surface area contributed by atoms with E-state index in [0.717, 1.165) is 17.9 Å². The summed E-state index contributed by atoms with van der Waals surface area (Å²) in [4.78, 5) is 8.62. The Labute approximate surface area is 105 Å². The van der Waals surface area contributed by atoms with Crippen molar-refractivity contribution in [3.8, 4) is 11.6 Å². The van der Waals surface area contributed by atoms with E-state index >= 15 is 0 Å². The zero-order valence-electron chi connectivity index (χ0n) is 10.4. The summed E-state index contributed by atoms with van der Waals surface area (Å²) < 4.78 is 10.7. The third kappa shape index (κ3) is 2.66. The molecule has 0 amide bonds. The first-order valence-electron chi connectivity index (χ1n) is 5.69. The van der Waals surface area contributed by atoms with Gasteiger partial charge in [0.25, 0.3) is 0 Å². The minimum absolute atomic E-state index is 0.394. The van der Waals surface area contributed by atoms with Gasteiger partial charge in [-0.05, 0) is 12.1 Å². The van der Waals surface area contributed by atoms with Crippen LogP contribution in [0, 0.1) is 0 Å². The average molecular weight is 248 g/mol. The number of furan rings is 1. The molecule has 0 aromatic carbocycles. The molecule has 2 aromatic heterocycles. The van der Waals surface area contributed by atoms with E-state index in [1.807, 2.05) is 19.1 Å². The zero-order chi connectivity index (χ0) is 13.0. The van der Waals surface area contributed by atoms with Gasteiger partial charge in [-0.15, -0.1) is 0 Å². The molecule has 0 spiro atoms. The predicted molar refractivity (Wildman–Crippen MR) is 67.6 cm³/mol. The second-order valence-corrected chi connectivity index (χ2v) is 3.76. The summed E-state index contributed by atoms with van der Waals surface area (Å²) >= 11 is 0. The van der Waals surface area contributed by atoms with Gasteiger partial charge in [0.2, 0.25) is 0 Å². The van der Waals surface area contributed by atoms with Crippen molar-refractivity contribution < 1.29 is 9.15 Å². The summed E-state index contributed by atoms with van der Waals surface area (Å²) in [6.45, 7) is 2.42. The number of methoxy groups -OCH3 is 1. The van der Waals surface area contributed by atoms with Crippen LogP contribution in [0.25, 0.3) is 11.6 Å². The lowest BCUT2D eigenvalue weighted by Crippen LogP contribution is -2.10. The molecule has 0 unspecified atom stereocenters. The summed E-state index contributed by atoms with van der Waals surface area (Å²) in [5.41, 5.74) is 3.25. The fourth-order valence-corrected chi connectivity index (χ4v) is 1.59. The topological polar surface area (TPSA) is 86.2 Å². The Morgan fingerprint density at radius 1 is 1.39 bits per heavy atom. The van der Waals surface area contributed by atoms with Crippen LogP contribution in [0.5, 0.6) is 0 Å². The Bertz CT molecular complexity index is 525. The van der Waals surface area contributed by atoms with Gasteiger partial charge in [0.05, 0.1) is 12.3 Å². The quantitative estimate of drug-likeness (QED) is 0.619. The number of aryl methyl sites for hydroxylation is 1. The van der Waals surface area contributed by atoms with Crippen molar-refractivity contribution >= 4 is 5.82 Å². The molecule has 6 heteroatoms. The van der Waals surface area contributed by atoms with Crippen LogP contribution in [0.2, 0.25) is 0 Å². The highest BCUT2D eigenvalue weighted by Crippen LogP contribution is 2.21. The number of aromatic nitrogens is 2. The van der Waals surface area contributed by atoms with Gasteiger partial charge in [-0.2, -0.15) is 0 Å². The largest absolute Gasteiger partial charge is 0.458 e. The zero-order valence-corrected chi connectivity index (χ0v) is 10.4. The normalized spacial score (nSPS) is 10.6. The van der Waals surface area contributed by atoms with Gasteiger partial charge in [-0.3, -0.25) is 0 Å². The van der Waals surface area contributed by atoms with Crippen molar-refractivity contribution in [2.45, 2.75) is 20.0 Å². The van der Waals surface area contributed by atoms with Gasteiger partial charge >= 0.3 is 0 Å². The SMILES string of the molecule is CCc1ccc(-c2nc(COC)cc(NN)n2)o1. The summed E-state index contributed by atoms with van der Waals surface area (Å²) in [7, 11) is 1.61. The van der Waals surface area contributed by atoms with E-state index in [2.05, 4.69) is 15.4 Å². The van der Waals surface area contributed by atoms with E-state index in [9.17, 15) is 0 Å². The number of hydrogen-bond acceptors (Lipinski definition) is 6. The highest BCUT2D eigenvalue weighted by Gasteiger charge is 2.10. The second kappa shape index (κ2) is 5.61. The third-order valence-corrected chi connectivity index (χ3v) is 2.45. The number of hydrogen-bond donors (Lipinski definition) is 2. The minimum atomic E-state index is 0.394. The molecule has 96 valence electrons. The molecule has 0 atom stereocenters. The maximum absolute atomic E-state index is 5.62. The molecular formula is C12H16N4O2.